The van der Waals surface area contributed by atoms with Gasteiger partial charge in [0.1, 0.15) is 0 Å². The zero-order chi connectivity index (χ0) is 10.6. The Balaban J connectivity index is 2.34. The standard InChI is InChI=1S/C12H18O2/c1-8-9-4-5-12(6-9,7-10(13)14)11(8,2)3/h9H,1,4-7H2,2-3H3,(H,13,14). The molecule has 0 heterocycles. The summed E-state index contributed by atoms with van der Waals surface area (Å²) in [5.74, 6) is -0.0715. The van der Waals surface area contributed by atoms with E-state index in [9.17, 15) is 4.79 Å². The molecule has 0 aromatic heterocycles. The third-order valence-corrected chi connectivity index (χ3v) is 4.72. The number of carboxylic acid groups (broad SMARTS) is 1. The molecule has 0 aliphatic heterocycles. The van der Waals surface area contributed by atoms with E-state index in [0.29, 0.717) is 12.3 Å². The smallest absolute Gasteiger partial charge is 0.303 e. The van der Waals surface area contributed by atoms with Crippen LogP contribution in [-0.2, 0) is 4.79 Å². The van der Waals surface area contributed by atoms with Crippen molar-refractivity contribution in [3.63, 3.8) is 0 Å². The molecule has 1 N–H and O–H groups in total. The summed E-state index contributed by atoms with van der Waals surface area (Å²) in [7, 11) is 0. The van der Waals surface area contributed by atoms with Gasteiger partial charge < -0.3 is 5.11 Å². The van der Waals surface area contributed by atoms with Crippen molar-refractivity contribution in [3.05, 3.63) is 12.2 Å². The molecule has 78 valence electrons. The highest BCUT2D eigenvalue weighted by Gasteiger charge is 2.59. The van der Waals surface area contributed by atoms with Gasteiger partial charge in [0.15, 0.2) is 0 Å². The first kappa shape index (κ1) is 9.75. The Morgan fingerprint density at radius 2 is 2.29 bits per heavy atom. The van der Waals surface area contributed by atoms with Crippen LogP contribution in [0.5, 0.6) is 0 Å². The van der Waals surface area contributed by atoms with Gasteiger partial charge in [-0.3, -0.25) is 4.79 Å². The van der Waals surface area contributed by atoms with E-state index in [1.807, 2.05) is 0 Å². The molecule has 14 heavy (non-hydrogen) atoms. The van der Waals surface area contributed by atoms with Crippen LogP contribution in [0.4, 0.5) is 0 Å². The first-order valence-electron chi connectivity index (χ1n) is 5.30. The molecule has 0 aromatic rings. The van der Waals surface area contributed by atoms with Gasteiger partial charge >= 0.3 is 5.97 Å². The van der Waals surface area contributed by atoms with Crippen LogP contribution in [-0.4, -0.2) is 11.1 Å². The molecule has 2 fully saturated rings. The number of aliphatic carboxylic acids is 1. The summed E-state index contributed by atoms with van der Waals surface area (Å²) < 4.78 is 0. The minimum Gasteiger partial charge on any atom is -0.481 e. The third kappa shape index (κ3) is 0.999. The normalized spacial score (nSPS) is 39.0. The van der Waals surface area contributed by atoms with Crippen LogP contribution in [0, 0.1) is 16.7 Å². The highest BCUT2D eigenvalue weighted by atomic mass is 16.4. The predicted molar refractivity (Wildman–Crippen MR) is 54.9 cm³/mol. The molecule has 0 amide bonds. The molecule has 2 unspecified atom stereocenters. The van der Waals surface area contributed by atoms with Crippen molar-refractivity contribution in [2.45, 2.75) is 39.5 Å². The van der Waals surface area contributed by atoms with Crippen LogP contribution < -0.4 is 0 Å². The summed E-state index contributed by atoms with van der Waals surface area (Å²) >= 11 is 0. The molecule has 2 atom stereocenters. The molecule has 2 bridgehead atoms. The number of carboxylic acids is 1. The van der Waals surface area contributed by atoms with E-state index < -0.39 is 5.97 Å². The number of hydrogen-bond donors (Lipinski definition) is 1. The SMILES string of the molecule is C=C1C2CCC(CC(=O)O)(C2)C1(C)C. The molecular formula is C12H18O2. The van der Waals surface area contributed by atoms with E-state index >= 15 is 0 Å². The molecule has 0 radical (unpaired) electrons. The van der Waals surface area contributed by atoms with Crippen molar-refractivity contribution in [2.75, 3.05) is 0 Å². The van der Waals surface area contributed by atoms with Crippen LogP contribution in [0.3, 0.4) is 0 Å². The lowest BCUT2D eigenvalue weighted by molar-refractivity contribution is -0.141. The summed E-state index contributed by atoms with van der Waals surface area (Å²) in [4.78, 5) is 10.9. The van der Waals surface area contributed by atoms with Gasteiger partial charge in [0.05, 0.1) is 6.42 Å². The minimum absolute atomic E-state index is 0.000579. The van der Waals surface area contributed by atoms with Crippen molar-refractivity contribution in [2.24, 2.45) is 16.7 Å². The van der Waals surface area contributed by atoms with Crippen molar-refractivity contribution in [1.82, 2.24) is 0 Å². The lowest BCUT2D eigenvalue weighted by Gasteiger charge is -2.42. The summed E-state index contributed by atoms with van der Waals surface area (Å²) in [6.07, 6.45) is 3.58. The highest BCUT2D eigenvalue weighted by molar-refractivity contribution is 5.68. The number of rotatable bonds is 2. The van der Waals surface area contributed by atoms with Gasteiger partial charge in [-0.15, -0.1) is 0 Å². The van der Waals surface area contributed by atoms with E-state index in [1.54, 1.807) is 0 Å². The molecule has 2 nitrogen and oxygen atoms in total. The average Bonchev–Trinajstić information content (AvgIpc) is 2.52. The molecule has 2 rings (SSSR count). The summed E-state index contributed by atoms with van der Waals surface area (Å²) in [5.41, 5.74) is 1.31. The van der Waals surface area contributed by atoms with E-state index in [2.05, 4.69) is 20.4 Å². The first-order valence-corrected chi connectivity index (χ1v) is 5.30. The number of carbonyl (C=O) groups is 1. The largest absolute Gasteiger partial charge is 0.481 e. The van der Waals surface area contributed by atoms with Crippen molar-refractivity contribution >= 4 is 5.97 Å². The van der Waals surface area contributed by atoms with Crippen LogP contribution in [0.15, 0.2) is 12.2 Å². The highest BCUT2D eigenvalue weighted by Crippen LogP contribution is 2.67. The maximum atomic E-state index is 10.9. The maximum absolute atomic E-state index is 10.9. The lowest BCUT2D eigenvalue weighted by atomic mass is 9.62. The van der Waals surface area contributed by atoms with E-state index in [0.717, 1.165) is 19.3 Å². The van der Waals surface area contributed by atoms with Gasteiger partial charge in [0, 0.05) is 0 Å². The second-order valence-corrected chi connectivity index (χ2v) is 5.44. The Labute approximate surface area is 85.0 Å². The van der Waals surface area contributed by atoms with Crippen LogP contribution in [0.25, 0.3) is 0 Å². The Morgan fingerprint density at radius 3 is 2.71 bits per heavy atom. The van der Waals surface area contributed by atoms with Gasteiger partial charge in [-0.2, -0.15) is 0 Å². The number of fused-ring (bicyclic) bond motifs is 2. The molecular weight excluding hydrogens is 176 g/mol. The van der Waals surface area contributed by atoms with Gasteiger partial charge in [0.2, 0.25) is 0 Å². The van der Waals surface area contributed by atoms with Gasteiger partial charge in [-0.25, -0.2) is 0 Å². The van der Waals surface area contributed by atoms with Crippen molar-refractivity contribution in [3.8, 4) is 0 Å². The third-order valence-electron chi connectivity index (χ3n) is 4.72. The molecule has 2 saturated carbocycles. The van der Waals surface area contributed by atoms with Crippen molar-refractivity contribution < 1.29 is 9.90 Å². The minimum atomic E-state index is -0.659. The Kier molecular flexibility index (Phi) is 1.82. The average molecular weight is 194 g/mol. The molecule has 2 heteroatoms. The summed E-state index contributed by atoms with van der Waals surface area (Å²) in [6, 6.07) is 0. The van der Waals surface area contributed by atoms with Crippen LogP contribution in [0.2, 0.25) is 0 Å². The molecule has 0 aromatic carbocycles. The van der Waals surface area contributed by atoms with Crippen LogP contribution in [0.1, 0.15) is 39.5 Å². The zero-order valence-corrected chi connectivity index (χ0v) is 8.97. The Bertz CT molecular complexity index is 303. The van der Waals surface area contributed by atoms with Gasteiger partial charge in [-0.05, 0) is 36.0 Å². The van der Waals surface area contributed by atoms with Crippen molar-refractivity contribution in [1.29, 1.82) is 0 Å². The predicted octanol–water partition coefficient (Wildman–Crippen LogP) is 2.84. The zero-order valence-electron chi connectivity index (χ0n) is 8.97. The summed E-state index contributed by atoms with van der Waals surface area (Å²) in [5, 5.41) is 8.98. The van der Waals surface area contributed by atoms with E-state index in [-0.39, 0.29) is 10.8 Å². The Hall–Kier alpha value is -0.790. The first-order chi connectivity index (χ1) is 6.39. The molecule has 2 aliphatic rings. The Morgan fingerprint density at radius 1 is 1.64 bits per heavy atom. The second-order valence-electron chi connectivity index (χ2n) is 5.44. The van der Waals surface area contributed by atoms with Gasteiger partial charge in [-0.1, -0.05) is 26.0 Å². The fourth-order valence-electron chi connectivity index (χ4n) is 3.51. The van der Waals surface area contributed by atoms with Gasteiger partial charge in [0.25, 0.3) is 0 Å². The topological polar surface area (TPSA) is 37.3 Å². The molecule has 0 saturated heterocycles. The molecule has 0 spiro atoms. The van der Waals surface area contributed by atoms with E-state index in [1.165, 1.54) is 5.57 Å². The number of allylic oxidation sites excluding steroid dienone is 1. The summed E-state index contributed by atoms with van der Waals surface area (Å²) in [6.45, 7) is 8.48. The monoisotopic (exact) mass is 194 g/mol. The lowest BCUT2D eigenvalue weighted by Crippen LogP contribution is -2.36. The molecule has 2 aliphatic carbocycles. The quantitative estimate of drug-likeness (QED) is 0.686. The fraction of sp³-hybridized carbons (Fsp3) is 0.750. The fourth-order valence-corrected chi connectivity index (χ4v) is 3.51. The van der Waals surface area contributed by atoms with Crippen LogP contribution >= 0.6 is 0 Å². The second kappa shape index (κ2) is 2.62. The van der Waals surface area contributed by atoms with E-state index in [4.69, 9.17) is 5.11 Å². The number of hydrogen-bond acceptors (Lipinski definition) is 1. The maximum Gasteiger partial charge on any atom is 0.303 e.